The van der Waals surface area contributed by atoms with E-state index in [0.29, 0.717) is 18.1 Å². The minimum atomic E-state index is 0.0981. The van der Waals surface area contributed by atoms with Gasteiger partial charge in [0.05, 0.1) is 11.7 Å². The second-order valence-electron chi connectivity index (χ2n) is 6.18. The number of hydrogen-bond donors (Lipinski definition) is 1. The Balaban J connectivity index is 1.82. The van der Waals surface area contributed by atoms with E-state index in [1.165, 1.54) is 19.3 Å². The number of likely N-dealkylation sites (tertiary alicyclic amines) is 1. The summed E-state index contributed by atoms with van der Waals surface area (Å²) in [7, 11) is 0. The normalized spacial score (nSPS) is 39.4. The maximum atomic E-state index is 6.05. The van der Waals surface area contributed by atoms with Gasteiger partial charge in [0.2, 0.25) is 0 Å². The highest BCUT2D eigenvalue weighted by atomic mass is 16.5. The molecule has 0 saturated carbocycles. The maximum absolute atomic E-state index is 6.05. The van der Waals surface area contributed by atoms with E-state index in [1.807, 2.05) is 0 Å². The first kappa shape index (κ1) is 12.3. The Morgan fingerprint density at radius 2 is 2.19 bits per heavy atom. The van der Waals surface area contributed by atoms with Crippen molar-refractivity contribution in [2.45, 2.75) is 57.8 Å². The molecule has 0 aromatic rings. The molecule has 3 nitrogen and oxygen atoms in total. The Hall–Kier alpha value is -0.120. The lowest BCUT2D eigenvalue weighted by molar-refractivity contribution is -0.0296. The Morgan fingerprint density at radius 3 is 2.69 bits per heavy atom. The molecule has 2 saturated heterocycles. The summed E-state index contributed by atoms with van der Waals surface area (Å²) in [5.74, 6) is 0.699. The largest absolute Gasteiger partial charge is 0.371 e. The highest BCUT2D eigenvalue weighted by Crippen LogP contribution is 2.31. The van der Waals surface area contributed by atoms with Gasteiger partial charge in [0.15, 0.2) is 0 Å². The lowest BCUT2D eigenvalue weighted by Gasteiger charge is -2.26. The first-order valence-corrected chi connectivity index (χ1v) is 6.62. The first-order chi connectivity index (χ1) is 7.50. The Kier molecular flexibility index (Phi) is 3.57. The number of hydrogen-bond acceptors (Lipinski definition) is 3. The van der Waals surface area contributed by atoms with Gasteiger partial charge in [-0.05, 0) is 52.5 Å². The Bertz CT molecular complexity index is 242. The van der Waals surface area contributed by atoms with Crippen LogP contribution in [0.4, 0.5) is 0 Å². The zero-order valence-corrected chi connectivity index (χ0v) is 10.9. The third-order valence-electron chi connectivity index (χ3n) is 4.12. The highest BCUT2D eigenvalue weighted by Gasteiger charge is 2.35. The molecule has 0 aromatic carbocycles. The zero-order chi connectivity index (χ0) is 11.8. The summed E-state index contributed by atoms with van der Waals surface area (Å²) in [5.41, 5.74) is 5.85. The van der Waals surface area contributed by atoms with Gasteiger partial charge in [-0.25, -0.2) is 0 Å². The van der Waals surface area contributed by atoms with Gasteiger partial charge < -0.3 is 10.5 Å². The van der Waals surface area contributed by atoms with Crippen molar-refractivity contribution in [1.82, 2.24) is 4.90 Å². The predicted octanol–water partition coefficient (Wildman–Crippen LogP) is 1.61. The fraction of sp³-hybridized carbons (Fsp3) is 1.00. The quantitative estimate of drug-likeness (QED) is 0.794. The molecule has 3 atom stereocenters. The summed E-state index contributed by atoms with van der Waals surface area (Å²) in [6.07, 6.45) is 4.10. The van der Waals surface area contributed by atoms with Crippen LogP contribution in [-0.4, -0.2) is 42.3 Å². The third-order valence-corrected chi connectivity index (χ3v) is 4.12. The summed E-state index contributed by atoms with van der Waals surface area (Å²) < 4.78 is 6.05. The summed E-state index contributed by atoms with van der Waals surface area (Å²) in [6.45, 7) is 9.80. The molecule has 3 unspecified atom stereocenters. The predicted molar refractivity (Wildman–Crippen MR) is 66.4 cm³/mol. The smallest absolute Gasteiger partial charge is 0.0710 e. The van der Waals surface area contributed by atoms with Crippen molar-refractivity contribution >= 4 is 0 Å². The van der Waals surface area contributed by atoms with E-state index in [-0.39, 0.29) is 5.60 Å². The van der Waals surface area contributed by atoms with E-state index < -0.39 is 0 Å². The van der Waals surface area contributed by atoms with E-state index in [2.05, 4.69) is 25.7 Å². The molecule has 2 aliphatic heterocycles. The average Bonchev–Trinajstić information content (AvgIpc) is 2.71. The summed E-state index contributed by atoms with van der Waals surface area (Å²) in [4.78, 5) is 2.56. The maximum Gasteiger partial charge on any atom is 0.0710 e. The molecule has 0 bridgehead atoms. The van der Waals surface area contributed by atoms with E-state index in [0.717, 1.165) is 19.6 Å². The number of rotatable bonds is 3. The molecule has 0 spiro atoms. The molecule has 0 aliphatic carbocycles. The minimum Gasteiger partial charge on any atom is -0.371 e. The van der Waals surface area contributed by atoms with Crippen LogP contribution in [0.25, 0.3) is 0 Å². The van der Waals surface area contributed by atoms with Crippen LogP contribution in [0.3, 0.4) is 0 Å². The van der Waals surface area contributed by atoms with Crippen molar-refractivity contribution in [3.63, 3.8) is 0 Å². The van der Waals surface area contributed by atoms with Crippen molar-refractivity contribution in [3.05, 3.63) is 0 Å². The second-order valence-corrected chi connectivity index (χ2v) is 6.18. The molecule has 2 rings (SSSR count). The average molecular weight is 226 g/mol. The fourth-order valence-corrected chi connectivity index (χ4v) is 3.11. The first-order valence-electron chi connectivity index (χ1n) is 6.62. The molecule has 16 heavy (non-hydrogen) atoms. The van der Waals surface area contributed by atoms with Crippen LogP contribution in [0.2, 0.25) is 0 Å². The molecule has 2 aliphatic rings. The van der Waals surface area contributed by atoms with Crippen LogP contribution in [0.5, 0.6) is 0 Å². The highest BCUT2D eigenvalue weighted by molar-refractivity contribution is 4.88. The van der Waals surface area contributed by atoms with E-state index in [9.17, 15) is 0 Å². The van der Waals surface area contributed by atoms with E-state index in [4.69, 9.17) is 10.5 Å². The van der Waals surface area contributed by atoms with Gasteiger partial charge in [-0.15, -0.1) is 0 Å². The zero-order valence-electron chi connectivity index (χ0n) is 10.9. The van der Waals surface area contributed by atoms with E-state index >= 15 is 0 Å². The SMILES string of the molecule is CC1CC(CN)CN1CC1CCC(C)(C)O1. The van der Waals surface area contributed by atoms with Gasteiger partial charge in [-0.2, -0.15) is 0 Å². The van der Waals surface area contributed by atoms with Crippen LogP contribution in [0, 0.1) is 5.92 Å². The van der Waals surface area contributed by atoms with Crippen LogP contribution in [0.15, 0.2) is 0 Å². The summed E-state index contributed by atoms with van der Waals surface area (Å²) in [6, 6.07) is 0.681. The summed E-state index contributed by atoms with van der Waals surface area (Å²) >= 11 is 0. The number of ether oxygens (including phenoxy) is 1. The van der Waals surface area contributed by atoms with Crippen LogP contribution >= 0.6 is 0 Å². The van der Waals surface area contributed by atoms with Gasteiger partial charge in [-0.3, -0.25) is 4.90 Å². The number of nitrogens with two attached hydrogens (primary N) is 1. The standard InChI is InChI=1S/C13H26N2O/c1-10-6-11(7-14)8-15(10)9-12-4-5-13(2,3)16-12/h10-12H,4-9,14H2,1-3H3. The van der Waals surface area contributed by atoms with Crippen molar-refractivity contribution in [2.24, 2.45) is 11.7 Å². The van der Waals surface area contributed by atoms with Crippen molar-refractivity contribution in [2.75, 3.05) is 19.6 Å². The lowest BCUT2D eigenvalue weighted by Crippen LogP contribution is -2.36. The molecule has 2 N–H and O–H groups in total. The Labute approximate surface area is 99.3 Å². The van der Waals surface area contributed by atoms with E-state index in [1.54, 1.807) is 0 Å². The van der Waals surface area contributed by atoms with Gasteiger partial charge in [0.25, 0.3) is 0 Å². The second kappa shape index (κ2) is 4.63. The lowest BCUT2D eigenvalue weighted by atomic mass is 10.1. The molecule has 0 amide bonds. The minimum absolute atomic E-state index is 0.0981. The summed E-state index contributed by atoms with van der Waals surface area (Å²) in [5, 5.41) is 0. The molecule has 2 fully saturated rings. The van der Waals surface area contributed by atoms with Crippen molar-refractivity contribution < 1.29 is 4.74 Å². The van der Waals surface area contributed by atoms with Crippen LogP contribution in [0.1, 0.15) is 40.0 Å². The molecular formula is C13H26N2O. The third kappa shape index (κ3) is 2.76. The topological polar surface area (TPSA) is 38.5 Å². The monoisotopic (exact) mass is 226 g/mol. The van der Waals surface area contributed by atoms with Gasteiger partial charge >= 0.3 is 0 Å². The Morgan fingerprint density at radius 1 is 1.44 bits per heavy atom. The van der Waals surface area contributed by atoms with Crippen LogP contribution < -0.4 is 5.73 Å². The molecule has 0 aromatic heterocycles. The van der Waals surface area contributed by atoms with Gasteiger partial charge in [0, 0.05) is 19.1 Å². The molecule has 94 valence electrons. The molecular weight excluding hydrogens is 200 g/mol. The van der Waals surface area contributed by atoms with Gasteiger partial charge in [0.1, 0.15) is 0 Å². The van der Waals surface area contributed by atoms with Crippen molar-refractivity contribution in [3.8, 4) is 0 Å². The van der Waals surface area contributed by atoms with Gasteiger partial charge in [-0.1, -0.05) is 0 Å². The molecule has 3 heteroatoms. The fourth-order valence-electron chi connectivity index (χ4n) is 3.11. The molecule has 2 heterocycles. The van der Waals surface area contributed by atoms with Crippen molar-refractivity contribution in [1.29, 1.82) is 0 Å². The number of nitrogens with zero attached hydrogens (tertiary/aromatic N) is 1. The molecule has 0 radical (unpaired) electrons. The van der Waals surface area contributed by atoms with Crippen LogP contribution in [-0.2, 0) is 4.74 Å².